The minimum absolute atomic E-state index is 0.00765. The van der Waals surface area contributed by atoms with E-state index in [1.54, 1.807) is 4.90 Å². The van der Waals surface area contributed by atoms with Crippen LogP contribution in [0.5, 0.6) is 0 Å². The number of amides is 1. The molecule has 0 saturated carbocycles. The number of fused-ring (bicyclic) bond motifs is 1. The second-order valence-electron chi connectivity index (χ2n) is 5.77. The van der Waals surface area contributed by atoms with Gasteiger partial charge in [-0.3, -0.25) is 14.9 Å². The van der Waals surface area contributed by atoms with Crippen LogP contribution in [-0.4, -0.2) is 41.5 Å². The van der Waals surface area contributed by atoms with E-state index in [0.29, 0.717) is 24.6 Å². The zero-order chi connectivity index (χ0) is 15.7. The summed E-state index contributed by atoms with van der Waals surface area (Å²) in [6, 6.07) is 4.13. The Labute approximate surface area is 133 Å². The molecule has 1 amide bonds. The minimum atomic E-state index is -0.554. The SMILES string of the molecule is O=C(c1ccc([N+](=O)[O-])c(Cl)c1)N1CC[C@H]2OCCC[C@H]2C1. The standard InChI is InChI=1S/C15H17ClN2O4/c16-12-8-10(3-4-13(12)18(20)21)15(19)17-6-5-14-11(9-17)2-1-7-22-14/h3-4,8,11,14H,1-2,5-7,9H2/t11-,14+/m0/s1. The Morgan fingerprint density at radius 1 is 1.41 bits per heavy atom. The van der Waals surface area contributed by atoms with Crippen molar-refractivity contribution in [1.82, 2.24) is 4.90 Å². The Balaban J connectivity index is 1.74. The number of nitrogens with zero attached hydrogens (tertiary/aromatic N) is 2. The van der Waals surface area contributed by atoms with Gasteiger partial charge in [0.05, 0.1) is 11.0 Å². The Bertz CT molecular complexity index is 607. The van der Waals surface area contributed by atoms with Crippen molar-refractivity contribution >= 4 is 23.2 Å². The topological polar surface area (TPSA) is 72.7 Å². The number of benzene rings is 1. The van der Waals surface area contributed by atoms with Gasteiger partial charge in [0, 0.05) is 37.2 Å². The number of carbonyl (C=O) groups excluding carboxylic acids is 1. The van der Waals surface area contributed by atoms with Crippen LogP contribution in [0.2, 0.25) is 5.02 Å². The van der Waals surface area contributed by atoms with E-state index in [0.717, 1.165) is 25.9 Å². The van der Waals surface area contributed by atoms with E-state index >= 15 is 0 Å². The van der Waals surface area contributed by atoms with Gasteiger partial charge < -0.3 is 9.64 Å². The zero-order valence-electron chi connectivity index (χ0n) is 12.0. The maximum atomic E-state index is 12.6. The number of piperidine rings is 1. The lowest BCUT2D eigenvalue weighted by Gasteiger charge is -2.41. The highest BCUT2D eigenvalue weighted by molar-refractivity contribution is 6.33. The van der Waals surface area contributed by atoms with Crippen LogP contribution in [0, 0.1) is 16.0 Å². The van der Waals surface area contributed by atoms with Crippen LogP contribution in [0.4, 0.5) is 5.69 Å². The molecule has 2 fully saturated rings. The third-order valence-electron chi connectivity index (χ3n) is 4.39. The van der Waals surface area contributed by atoms with Crippen LogP contribution in [0.15, 0.2) is 18.2 Å². The molecular formula is C15H17ClN2O4. The Kier molecular flexibility index (Phi) is 4.31. The van der Waals surface area contributed by atoms with Crippen molar-refractivity contribution in [3.05, 3.63) is 38.9 Å². The predicted octanol–water partition coefficient (Wildman–Crippen LogP) is 2.89. The van der Waals surface area contributed by atoms with Crippen molar-refractivity contribution in [2.24, 2.45) is 5.92 Å². The number of rotatable bonds is 2. The summed E-state index contributed by atoms with van der Waals surface area (Å²) in [5.74, 6) is 0.265. The van der Waals surface area contributed by atoms with Gasteiger partial charge in [0.15, 0.2) is 0 Å². The van der Waals surface area contributed by atoms with Crippen LogP contribution < -0.4 is 0 Å². The molecule has 0 spiro atoms. The highest BCUT2D eigenvalue weighted by atomic mass is 35.5. The van der Waals surface area contributed by atoms with Crippen molar-refractivity contribution in [3.8, 4) is 0 Å². The third-order valence-corrected chi connectivity index (χ3v) is 4.70. The number of hydrogen-bond acceptors (Lipinski definition) is 4. The van der Waals surface area contributed by atoms with Gasteiger partial charge in [-0.15, -0.1) is 0 Å². The fraction of sp³-hybridized carbons (Fsp3) is 0.533. The van der Waals surface area contributed by atoms with E-state index in [2.05, 4.69) is 0 Å². The molecule has 0 unspecified atom stereocenters. The molecule has 2 atom stereocenters. The Morgan fingerprint density at radius 3 is 2.95 bits per heavy atom. The summed E-state index contributed by atoms with van der Waals surface area (Å²) in [6.45, 7) is 2.14. The first-order valence-electron chi connectivity index (χ1n) is 7.41. The molecule has 6 nitrogen and oxygen atoms in total. The number of carbonyl (C=O) groups is 1. The number of likely N-dealkylation sites (tertiary alicyclic amines) is 1. The maximum absolute atomic E-state index is 12.6. The first-order chi connectivity index (χ1) is 10.6. The van der Waals surface area contributed by atoms with Gasteiger partial charge in [-0.1, -0.05) is 11.6 Å². The largest absolute Gasteiger partial charge is 0.378 e. The van der Waals surface area contributed by atoms with Crippen LogP contribution in [0.25, 0.3) is 0 Å². The lowest BCUT2D eigenvalue weighted by molar-refractivity contribution is -0.384. The molecule has 0 bridgehead atoms. The van der Waals surface area contributed by atoms with Crippen LogP contribution in [0.1, 0.15) is 29.6 Å². The Morgan fingerprint density at radius 2 is 2.23 bits per heavy atom. The Hall–Kier alpha value is -1.66. The van der Waals surface area contributed by atoms with Gasteiger partial charge in [0.2, 0.25) is 0 Å². The molecule has 1 aromatic carbocycles. The number of halogens is 1. The average Bonchev–Trinajstić information content (AvgIpc) is 2.53. The van der Waals surface area contributed by atoms with Crippen molar-refractivity contribution < 1.29 is 14.5 Å². The summed E-state index contributed by atoms with van der Waals surface area (Å²) in [7, 11) is 0. The maximum Gasteiger partial charge on any atom is 0.287 e. The number of hydrogen-bond donors (Lipinski definition) is 0. The molecular weight excluding hydrogens is 308 g/mol. The number of ether oxygens (including phenoxy) is 1. The van der Waals surface area contributed by atoms with Crippen molar-refractivity contribution in [1.29, 1.82) is 0 Å². The lowest BCUT2D eigenvalue weighted by Crippen LogP contribution is -2.48. The first kappa shape index (κ1) is 15.2. The van der Waals surface area contributed by atoms with E-state index in [9.17, 15) is 14.9 Å². The normalized spacial score (nSPS) is 24.7. The van der Waals surface area contributed by atoms with E-state index in [1.165, 1.54) is 18.2 Å². The van der Waals surface area contributed by atoms with Gasteiger partial charge in [-0.05, 0) is 31.4 Å². The molecule has 118 valence electrons. The monoisotopic (exact) mass is 324 g/mol. The number of nitro benzene ring substituents is 1. The van der Waals surface area contributed by atoms with Gasteiger partial charge in [0.1, 0.15) is 5.02 Å². The highest BCUT2D eigenvalue weighted by Gasteiger charge is 2.34. The van der Waals surface area contributed by atoms with Crippen LogP contribution in [0.3, 0.4) is 0 Å². The van der Waals surface area contributed by atoms with E-state index in [1.807, 2.05) is 0 Å². The average molecular weight is 325 g/mol. The van der Waals surface area contributed by atoms with Crippen LogP contribution in [-0.2, 0) is 4.74 Å². The summed E-state index contributed by atoms with van der Waals surface area (Å²) >= 11 is 5.89. The molecule has 3 rings (SSSR count). The smallest absolute Gasteiger partial charge is 0.287 e. The molecule has 7 heteroatoms. The summed E-state index contributed by atoms with van der Waals surface area (Å²) in [6.07, 6.45) is 3.22. The number of nitro groups is 1. The molecule has 2 aliphatic rings. The predicted molar refractivity (Wildman–Crippen MR) is 81.1 cm³/mol. The molecule has 1 aromatic rings. The second-order valence-corrected chi connectivity index (χ2v) is 6.18. The molecule has 0 aliphatic carbocycles. The van der Waals surface area contributed by atoms with Crippen molar-refractivity contribution in [3.63, 3.8) is 0 Å². The fourth-order valence-corrected chi connectivity index (χ4v) is 3.49. The highest BCUT2D eigenvalue weighted by Crippen LogP contribution is 2.30. The summed E-state index contributed by atoms with van der Waals surface area (Å²) < 4.78 is 5.74. The van der Waals surface area contributed by atoms with Gasteiger partial charge in [-0.2, -0.15) is 0 Å². The van der Waals surface area contributed by atoms with E-state index in [-0.39, 0.29) is 22.7 Å². The molecule has 0 radical (unpaired) electrons. The van der Waals surface area contributed by atoms with E-state index < -0.39 is 4.92 Å². The first-order valence-corrected chi connectivity index (χ1v) is 7.79. The minimum Gasteiger partial charge on any atom is -0.378 e. The zero-order valence-corrected chi connectivity index (χ0v) is 12.8. The van der Waals surface area contributed by atoms with E-state index in [4.69, 9.17) is 16.3 Å². The van der Waals surface area contributed by atoms with Gasteiger partial charge in [0.25, 0.3) is 11.6 Å². The van der Waals surface area contributed by atoms with Gasteiger partial charge >= 0.3 is 0 Å². The summed E-state index contributed by atoms with van der Waals surface area (Å²) in [4.78, 5) is 24.6. The third kappa shape index (κ3) is 2.94. The summed E-state index contributed by atoms with van der Waals surface area (Å²) in [5.41, 5.74) is 0.211. The second kappa shape index (κ2) is 6.22. The lowest BCUT2D eigenvalue weighted by atomic mass is 9.88. The van der Waals surface area contributed by atoms with Crippen molar-refractivity contribution in [2.75, 3.05) is 19.7 Å². The molecule has 22 heavy (non-hydrogen) atoms. The summed E-state index contributed by atoms with van der Waals surface area (Å²) in [5, 5.41) is 10.8. The molecule has 2 heterocycles. The van der Waals surface area contributed by atoms with Gasteiger partial charge in [-0.25, -0.2) is 0 Å². The van der Waals surface area contributed by atoms with Crippen molar-refractivity contribution in [2.45, 2.75) is 25.4 Å². The van der Waals surface area contributed by atoms with Crippen LogP contribution >= 0.6 is 11.6 Å². The molecule has 0 aromatic heterocycles. The quantitative estimate of drug-likeness (QED) is 0.619. The molecule has 2 aliphatic heterocycles. The molecule has 2 saturated heterocycles. The molecule has 0 N–H and O–H groups in total. The fourth-order valence-electron chi connectivity index (χ4n) is 3.24.